The van der Waals surface area contributed by atoms with Crippen molar-refractivity contribution in [3.05, 3.63) is 42.9 Å². The van der Waals surface area contributed by atoms with E-state index < -0.39 is 0 Å². The molecule has 0 radical (unpaired) electrons. The maximum Gasteiger partial charge on any atom is 0.274 e. The monoisotopic (exact) mass is 324 g/mol. The molecule has 4 rings (SSSR count). The van der Waals surface area contributed by atoms with Crippen molar-refractivity contribution >= 4 is 11.7 Å². The first-order valence-corrected chi connectivity index (χ1v) is 8.28. The van der Waals surface area contributed by atoms with Crippen molar-refractivity contribution in [2.24, 2.45) is 11.8 Å². The number of likely N-dealkylation sites (tertiary alicyclic amines) is 1. The Morgan fingerprint density at radius 1 is 1.08 bits per heavy atom. The van der Waals surface area contributed by atoms with Crippen LogP contribution < -0.4 is 4.90 Å². The molecule has 7 nitrogen and oxygen atoms in total. The summed E-state index contributed by atoms with van der Waals surface area (Å²) in [7, 11) is 2.07. The zero-order valence-electron chi connectivity index (χ0n) is 13.6. The minimum Gasteiger partial charge on any atom is -0.355 e. The minimum absolute atomic E-state index is 0.0154. The van der Waals surface area contributed by atoms with E-state index in [1.165, 1.54) is 0 Å². The van der Waals surface area contributed by atoms with Gasteiger partial charge < -0.3 is 9.80 Å². The maximum absolute atomic E-state index is 12.6. The SMILES string of the molecule is CN(c1cnccn1)[C@@H]1CC[C@@H]2CN(C(=O)c3cnccn3)C[C@@H]21. The molecule has 1 saturated carbocycles. The molecule has 1 saturated heterocycles. The van der Waals surface area contributed by atoms with Gasteiger partial charge in [0.15, 0.2) is 0 Å². The van der Waals surface area contributed by atoms with E-state index in [2.05, 4.69) is 31.9 Å². The van der Waals surface area contributed by atoms with E-state index in [1.807, 2.05) is 4.90 Å². The van der Waals surface area contributed by atoms with E-state index >= 15 is 0 Å². The molecule has 0 spiro atoms. The Kier molecular flexibility index (Phi) is 3.84. The lowest BCUT2D eigenvalue weighted by Crippen LogP contribution is -2.39. The fourth-order valence-electron chi connectivity index (χ4n) is 4.10. The van der Waals surface area contributed by atoms with E-state index in [0.29, 0.717) is 23.6 Å². The predicted molar refractivity (Wildman–Crippen MR) is 88.4 cm³/mol. The Hall–Kier alpha value is -2.57. The van der Waals surface area contributed by atoms with Crippen LogP contribution in [-0.2, 0) is 0 Å². The van der Waals surface area contributed by atoms with Crippen LogP contribution in [0.3, 0.4) is 0 Å². The quantitative estimate of drug-likeness (QED) is 0.846. The summed E-state index contributed by atoms with van der Waals surface area (Å²) in [6.45, 7) is 1.58. The first-order valence-electron chi connectivity index (χ1n) is 8.28. The first-order chi connectivity index (χ1) is 11.7. The van der Waals surface area contributed by atoms with Crippen molar-refractivity contribution in [2.45, 2.75) is 18.9 Å². The number of rotatable bonds is 3. The average Bonchev–Trinajstić information content (AvgIpc) is 3.22. The molecule has 0 aromatic carbocycles. The summed E-state index contributed by atoms with van der Waals surface area (Å²) in [6, 6.07) is 0.395. The van der Waals surface area contributed by atoms with Crippen LogP contribution in [-0.4, -0.2) is 56.9 Å². The molecule has 2 aromatic heterocycles. The first kappa shape index (κ1) is 15.0. The molecule has 1 aliphatic carbocycles. The Bertz CT molecular complexity index is 710. The summed E-state index contributed by atoms with van der Waals surface area (Å²) in [6.07, 6.45) is 12.2. The van der Waals surface area contributed by atoms with Gasteiger partial charge in [-0.3, -0.25) is 14.8 Å². The van der Waals surface area contributed by atoms with Gasteiger partial charge in [0.2, 0.25) is 0 Å². The van der Waals surface area contributed by atoms with Crippen molar-refractivity contribution in [3.63, 3.8) is 0 Å². The van der Waals surface area contributed by atoms with E-state index in [9.17, 15) is 4.79 Å². The van der Waals surface area contributed by atoms with Crippen LogP contribution in [0.15, 0.2) is 37.2 Å². The van der Waals surface area contributed by atoms with Crippen molar-refractivity contribution in [1.82, 2.24) is 24.8 Å². The summed E-state index contributed by atoms with van der Waals surface area (Å²) in [5, 5.41) is 0. The fourth-order valence-corrected chi connectivity index (χ4v) is 4.10. The van der Waals surface area contributed by atoms with E-state index in [0.717, 1.165) is 31.7 Å². The molecule has 1 aliphatic heterocycles. The number of nitrogens with zero attached hydrogens (tertiary/aromatic N) is 6. The van der Waals surface area contributed by atoms with Crippen LogP contribution >= 0.6 is 0 Å². The molecule has 0 N–H and O–H groups in total. The molecule has 0 bridgehead atoms. The van der Waals surface area contributed by atoms with Crippen LogP contribution in [0, 0.1) is 11.8 Å². The van der Waals surface area contributed by atoms with Crippen LogP contribution in [0.1, 0.15) is 23.3 Å². The van der Waals surface area contributed by atoms with Crippen LogP contribution in [0.5, 0.6) is 0 Å². The second-order valence-corrected chi connectivity index (χ2v) is 6.54. The molecule has 124 valence electrons. The lowest BCUT2D eigenvalue weighted by atomic mass is 9.97. The zero-order valence-corrected chi connectivity index (χ0v) is 13.6. The van der Waals surface area contributed by atoms with E-state index in [-0.39, 0.29) is 5.91 Å². The maximum atomic E-state index is 12.6. The highest BCUT2D eigenvalue weighted by molar-refractivity contribution is 5.92. The lowest BCUT2D eigenvalue weighted by molar-refractivity contribution is 0.0773. The summed E-state index contributed by atoms with van der Waals surface area (Å²) in [5.41, 5.74) is 0.427. The molecular formula is C17H20N6O. The predicted octanol–water partition coefficient (Wildman–Crippen LogP) is 1.25. The smallest absolute Gasteiger partial charge is 0.274 e. The van der Waals surface area contributed by atoms with Crippen LogP contribution in [0.4, 0.5) is 5.82 Å². The number of anilines is 1. The second kappa shape index (κ2) is 6.14. The molecule has 1 amide bonds. The van der Waals surface area contributed by atoms with Crippen molar-refractivity contribution in [1.29, 1.82) is 0 Å². The number of aromatic nitrogens is 4. The van der Waals surface area contributed by atoms with Gasteiger partial charge in [-0.05, 0) is 18.8 Å². The van der Waals surface area contributed by atoms with E-state index in [4.69, 9.17) is 0 Å². The van der Waals surface area contributed by atoms with E-state index in [1.54, 1.807) is 37.2 Å². The molecule has 3 atom stereocenters. The molecular weight excluding hydrogens is 304 g/mol. The van der Waals surface area contributed by atoms with Gasteiger partial charge in [-0.1, -0.05) is 0 Å². The molecule has 2 fully saturated rings. The Morgan fingerprint density at radius 3 is 2.58 bits per heavy atom. The topological polar surface area (TPSA) is 75.1 Å². The summed E-state index contributed by atoms with van der Waals surface area (Å²) >= 11 is 0. The zero-order chi connectivity index (χ0) is 16.5. The van der Waals surface area contributed by atoms with Gasteiger partial charge in [-0.15, -0.1) is 0 Å². The van der Waals surface area contributed by atoms with Crippen molar-refractivity contribution in [2.75, 3.05) is 25.0 Å². The van der Waals surface area contributed by atoms with Gasteiger partial charge in [0, 0.05) is 56.9 Å². The number of hydrogen-bond donors (Lipinski definition) is 0. The van der Waals surface area contributed by atoms with Crippen molar-refractivity contribution in [3.8, 4) is 0 Å². The number of amides is 1. The lowest BCUT2D eigenvalue weighted by Gasteiger charge is -2.30. The third kappa shape index (κ3) is 2.60. The number of hydrogen-bond acceptors (Lipinski definition) is 6. The fraction of sp³-hybridized carbons (Fsp3) is 0.471. The van der Waals surface area contributed by atoms with Gasteiger partial charge in [0.25, 0.3) is 5.91 Å². The summed E-state index contributed by atoms with van der Waals surface area (Å²) in [5.74, 6) is 1.90. The number of fused-ring (bicyclic) bond motifs is 1. The molecule has 24 heavy (non-hydrogen) atoms. The summed E-state index contributed by atoms with van der Waals surface area (Å²) < 4.78 is 0. The Labute approximate surface area is 140 Å². The third-order valence-corrected chi connectivity index (χ3v) is 5.30. The molecule has 2 aliphatic rings. The third-order valence-electron chi connectivity index (χ3n) is 5.30. The van der Waals surface area contributed by atoms with Crippen LogP contribution in [0.2, 0.25) is 0 Å². The largest absolute Gasteiger partial charge is 0.355 e. The highest BCUT2D eigenvalue weighted by Crippen LogP contribution is 2.41. The summed E-state index contributed by atoms with van der Waals surface area (Å²) in [4.78, 5) is 33.5. The molecule has 2 aromatic rings. The van der Waals surface area contributed by atoms with Gasteiger partial charge in [-0.25, -0.2) is 9.97 Å². The second-order valence-electron chi connectivity index (χ2n) is 6.54. The normalized spacial score (nSPS) is 25.5. The Morgan fingerprint density at radius 2 is 1.88 bits per heavy atom. The van der Waals surface area contributed by atoms with Crippen molar-refractivity contribution < 1.29 is 4.79 Å². The van der Waals surface area contributed by atoms with Gasteiger partial charge in [0.1, 0.15) is 11.5 Å². The Balaban J connectivity index is 1.48. The van der Waals surface area contributed by atoms with Crippen LogP contribution in [0.25, 0.3) is 0 Å². The molecule has 7 heteroatoms. The highest BCUT2D eigenvalue weighted by Gasteiger charge is 2.46. The van der Waals surface area contributed by atoms with Gasteiger partial charge in [-0.2, -0.15) is 0 Å². The minimum atomic E-state index is -0.0154. The van der Waals surface area contributed by atoms with Gasteiger partial charge in [0.05, 0.1) is 12.4 Å². The molecule has 0 unspecified atom stereocenters. The number of carbonyl (C=O) groups is 1. The average molecular weight is 324 g/mol. The van der Waals surface area contributed by atoms with Gasteiger partial charge >= 0.3 is 0 Å². The standard InChI is InChI=1S/C17H20N6O/c1-22(16-9-19-5-7-21-16)15-3-2-12-10-23(11-13(12)15)17(24)14-8-18-4-6-20-14/h4-9,12-13,15H,2-3,10-11H2,1H3/t12-,13+,15-/m1/s1. The number of carbonyl (C=O) groups excluding carboxylic acids is 1. The molecule has 3 heterocycles. The highest BCUT2D eigenvalue weighted by atomic mass is 16.2.